The highest BCUT2D eigenvalue weighted by atomic mass is 32.2. The van der Waals surface area contributed by atoms with Gasteiger partial charge in [0.2, 0.25) is 0 Å². The molecule has 1 aliphatic carbocycles. The van der Waals surface area contributed by atoms with Gasteiger partial charge >= 0.3 is 0 Å². The van der Waals surface area contributed by atoms with Gasteiger partial charge in [-0.2, -0.15) is 0 Å². The molecule has 104 valence electrons. The molecule has 0 unspecified atom stereocenters. The van der Waals surface area contributed by atoms with E-state index in [0.29, 0.717) is 5.54 Å². The Morgan fingerprint density at radius 2 is 2.26 bits per heavy atom. The van der Waals surface area contributed by atoms with Gasteiger partial charge in [-0.25, -0.2) is 4.98 Å². The SMILES string of the molecule is Cc1cnc(CN=C2NC3(CCC(C)CC3)CS2)s1. The van der Waals surface area contributed by atoms with Gasteiger partial charge in [0.15, 0.2) is 5.17 Å². The molecule has 1 N–H and O–H groups in total. The van der Waals surface area contributed by atoms with Crippen LogP contribution in [-0.2, 0) is 6.54 Å². The van der Waals surface area contributed by atoms with Crippen molar-refractivity contribution in [3.05, 3.63) is 16.1 Å². The summed E-state index contributed by atoms with van der Waals surface area (Å²) in [5.74, 6) is 2.09. The first kappa shape index (κ1) is 13.4. The lowest BCUT2D eigenvalue weighted by Gasteiger charge is -2.35. The number of rotatable bonds is 2. The van der Waals surface area contributed by atoms with E-state index in [2.05, 4.69) is 24.1 Å². The van der Waals surface area contributed by atoms with E-state index in [0.717, 1.165) is 22.6 Å². The Morgan fingerprint density at radius 3 is 2.95 bits per heavy atom. The van der Waals surface area contributed by atoms with E-state index in [9.17, 15) is 0 Å². The van der Waals surface area contributed by atoms with Crippen LogP contribution in [0.4, 0.5) is 0 Å². The first-order chi connectivity index (χ1) is 9.15. The van der Waals surface area contributed by atoms with E-state index in [1.807, 2.05) is 18.0 Å². The van der Waals surface area contributed by atoms with Crippen LogP contribution >= 0.6 is 23.1 Å². The molecule has 0 bridgehead atoms. The van der Waals surface area contributed by atoms with Gasteiger partial charge in [0.25, 0.3) is 0 Å². The van der Waals surface area contributed by atoms with Gasteiger partial charge in [-0.05, 0) is 38.5 Å². The summed E-state index contributed by atoms with van der Waals surface area (Å²) in [4.78, 5) is 10.3. The second-order valence-corrected chi connectivity index (χ2v) is 8.15. The van der Waals surface area contributed by atoms with E-state index in [4.69, 9.17) is 4.99 Å². The first-order valence-corrected chi connectivity index (χ1v) is 8.82. The van der Waals surface area contributed by atoms with Crippen molar-refractivity contribution in [2.75, 3.05) is 5.75 Å². The number of aromatic nitrogens is 1. The van der Waals surface area contributed by atoms with Crippen LogP contribution in [-0.4, -0.2) is 21.4 Å². The van der Waals surface area contributed by atoms with Gasteiger partial charge in [0, 0.05) is 22.4 Å². The average Bonchev–Trinajstić information content (AvgIpc) is 2.99. The number of aliphatic imine (C=N–C) groups is 1. The van der Waals surface area contributed by atoms with Crippen molar-refractivity contribution in [3.63, 3.8) is 0 Å². The number of hydrogen-bond acceptors (Lipinski definition) is 4. The molecule has 1 aromatic rings. The highest BCUT2D eigenvalue weighted by molar-refractivity contribution is 8.14. The number of amidine groups is 1. The van der Waals surface area contributed by atoms with Crippen molar-refractivity contribution >= 4 is 28.3 Å². The Hall–Kier alpha value is -0.550. The van der Waals surface area contributed by atoms with Crippen molar-refractivity contribution in [2.24, 2.45) is 10.9 Å². The molecule has 3 rings (SSSR count). The van der Waals surface area contributed by atoms with E-state index in [1.165, 1.54) is 36.3 Å². The van der Waals surface area contributed by atoms with Crippen molar-refractivity contribution in [3.8, 4) is 0 Å². The monoisotopic (exact) mass is 295 g/mol. The van der Waals surface area contributed by atoms with Crippen LogP contribution in [0.15, 0.2) is 11.2 Å². The minimum absolute atomic E-state index is 0.342. The highest BCUT2D eigenvalue weighted by Gasteiger charge is 2.39. The molecular formula is C14H21N3S2. The third-order valence-electron chi connectivity index (χ3n) is 4.12. The van der Waals surface area contributed by atoms with Gasteiger partial charge in [0.1, 0.15) is 5.01 Å². The maximum Gasteiger partial charge on any atom is 0.157 e. The standard InChI is InChI=1S/C14H21N3S2/c1-10-3-5-14(6-4-10)9-18-13(17-14)16-8-12-15-7-11(2)19-12/h7,10H,3-6,8-9H2,1-2H3,(H,16,17). The summed E-state index contributed by atoms with van der Waals surface area (Å²) in [5, 5.41) is 5.94. The second-order valence-electron chi connectivity index (χ2n) is 5.86. The number of nitrogens with one attached hydrogen (secondary N) is 1. The van der Waals surface area contributed by atoms with Crippen LogP contribution in [0.25, 0.3) is 0 Å². The zero-order valence-electron chi connectivity index (χ0n) is 11.6. The summed E-state index contributed by atoms with van der Waals surface area (Å²) >= 11 is 3.63. The fourth-order valence-corrected chi connectivity index (χ4v) is 4.72. The van der Waals surface area contributed by atoms with Crippen molar-refractivity contribution in [1.29, 1.82) is 0 Å². The number of thiazole rings is 1. The third kappa shape index (κ3) is 3.14. The number of aryl methyl sites for hydroxylation is 1. The van der Waals surface area contributed by atoms with E-state index >= 15 is 0 Å². The van der Waals surface area contributed by atoms with E-state index in [-0.39, 0.29) is 0 Å². The summed E-state index contributed by atoms with van der Waals surface area (Å²) in [6.45, 7) is 5.18. The lowest BCUT2D eigenvalue weighted by atomic mass is 9.78. The molecule has 3 nitrogen and oxygen atoms in total. The van der Waals surface area contributed by atoms with Crippen LogP contribution in [0.5, 0.6) is 0 Å². The molecule has 1 aromatic heterocycles. The lowest BCUT2D eigenvalue weighted by molar-refractivity contribution is 0.251. The quantitative estimate of drug-likeness (QED) is 0.906. The molecule has 0 radical (unpaired) electrons. The molecule has 1 spiro atoms. The zero-order valence-corrected chi connectivity index (χ0v) is 13.2. The fourth-order valence-electron chi connectivity index (χ4n) is 2.79. The summed E-state index contributed by atoms with van der Waals surface area (Å²) in [5.41, 5.74) is 0.342. The Kier molecular flexibility index (Phi) is 3.85. The summed E-state index contributed by atoms with van der Waals surface area (Å²) in [6.07, 6.45) is 7.24. The van der Waals surface area contributed by atoms with Crippen LogP contribution in [0.3, 0.4) is 0 Å². The highest BCUT2D eigenvalue weighted by Crippen LogP contribution is 2.38. The molecular weight excluding hydrogens is 274 g/mol. The summed E-state index contributed by atoms with van der Waals surface area (Å²) in [6, 6.07) is 0. The smallest absolute Gasteiger partial charge is 0.157 e. The van der Waals surface area contributed by atoms with Crippen LogP contribution in [0, 0.1) is 12.8 Å². The Morgan fingerprint density at radius 1 is 1.47 bits per heavy atom. The summed E-state index contributed by atoms with van der Waals surface area (Å²) in [7, 11) is 0. The third-order valence-corrected chi connectivity index (χ3v) is 6.21. The predicted molar refractivity (Wildman–Crippen MR) is 83.9 cm³/mol. The molecule has 0 atom stereocenters. The van der Waals surface area contributed by atoms with E-state index < -0.39 is 0 Å². The van der Waals surface area contributed by atoms with Gasteiger partial charge < -0.3 is 5.32 Å². The molecule has 1 saturated carbocycles. The Labute approximate surface area is 123 Å². The van der Waals surface area contributed by atoms with Gasteiger partial charge in [-0.1, -0.05) is 18.7 Å². The maximum atomic E-state index is 4.69. The zero-order chi connectivity index (χ0) is 13.3. The van der Waals surface area contributed by atoms with Gasteiger partial charge in [-0.3, -0.25) is 4.99 Å². The minimum Gasteiger partial charge on any atom is -0.359 e. The number of hydrogen-bond donors (Lipinski definition) is 1. The molecule has 5 heteroatoms. The van der Waals surface area contributed by atoms with Gasteiger partial charge in [-0.15, -0.1) is 11.3 Å². The first-order valence-electron chi connectivity index (χ1n) is 7.02. The van der Waals surface area contributed by atoms with Crippen LogP contribution < -0.4 is 5.32 Å². The lowest BCUT2D eigenvalue weighted by Crippen LogP contribution is -2.46. The molecule has 1 saturated heterocycles. The van der Waals surface area contributed by atoms with Gasteiger partial charge in [0.05, 0.1) is 6.54 Å². The van der Waals surface area contributed by atoms with Crippen LogP contribution in [0.1, 0.15) is 42.5 Å². The molecule has 19 heavy (non-hydrogen) atoms. The number of thioether (sulfide) groups is 1. The minimum atomic E-state index is 0.342. The molecule has 2 aliphatic rings. The Balaban J connectivity index is 1.59. The predicted octanol–water partition coefficient (Wildman–Crippen LogP) is 3.59. The number of nitrogens with zero attached hydrogens (tertiary/aromatic N) is 2. The van der Waals surface area contributed by atoms with Crippen molar-refractivity contribution in [2.45, 2.75) is 51.6 Å². The van der Waals surface area contributed by atoms with Crippen molar-refractivity contribution < 1.29 is 0 Å². The van der Waals surface area contributed by atoms with Crippen molar-refractivity contribution in [1.82, 2.24) is 10.3 Å². The Bertz CT molecular complexity index is 473. The largest absolute Gasteiger partial charge is 0.359 e. The summed E-state index contributed by atoms with van der Waals surface area (Å²) < 4.78 is 0. The molecule has 1 aliphatic heterocycles. The van der Waals surface area contributed by atoms with Crippen LogP contribution in [0.2, 0.25) is 0 Å². The average molecular weight is 295 g/mol. The van der Waals surface area contributed by atoms with E-state index in [1.54, 1.807) is 11.3 Å². The molecule has 0 aromatic carbocycles. The second kappa shape index (κ2) is 5.44. The topological polar surface area (TPSA) is 37.3 Å². The normalized spacial score (nSPS) is 32.9. The molecule has 0 amide bonds. The molecule has 2 heterocycles. The molecule has 2 fully saturated rings. The maximum absolute atomic E-state index is 4.69. The fraction of sp³-hybridized carbons (Fsp3) is 0.714.